The largest absolute Gasteiger partial charge is 0.444 e. The molecule has 0 radical (unpaired) electrons. The first kappa shape index (κ1) is 43.1. The molecule has 5 heterocycles. The van der Waals surface area contributed by atoms with Gasteiger partial charge in [-0.3, -0.25) is 9.59 Å². The Kier molecular flexibility index (Phi) is 14.0. The molecule has 0 bridgehead atoms. The van der Waals surface area contributed by atoms with Crippen LogP contribution < -0.4 is 21.3 Å². The highest BCUT2D eigenvalue weighted by Gasteiger charge is 2.45. The third kappa shape index (κ3) is 11.0. The van der Waals surface area contributed by atoms with E-state index in [2.05, 4.69) is 35.4 Å². The van der Waals surface area contributed by atoms with E-state index < -0.39 is 17.2 Å². The normalized spacial score (nSPS) is 21.2. The van der Waals surface area contributed by atoms with Crippen molar-refractivity contribution in [3.05, 3.63) is 53.4 Å². The van der Waals surface area contributed by atoms with Crippen LogP contribution in [0.4, 0.5) is 10.6 Å². The SMILES string of the molecule is CC(C)(C)OC(=O)NC1(C(=O)N[C@@H](CCN2CCC(OC3CCN(C(=O)[C@H](N)C4CCCCC4)CC3)CC2)c2ccc(Cl)cc2)CCN(c2ncnc3[nH]ccc23)CC1. The van der Waals surface area contributed by atoms with Crippen molar-refractivity contribution >= 4 is 46.4 Å². The summed E-state index contributed by atoms with van der Waals surface area (Å²) in [5, 5.41) is 7.91. The number of alkyl carbamates (subject to hydrolysis) is 1. The Balaban J connectivity index is 0.941. The molecule has 0 unspecified atom stereocenters. The van der Waals surface area contributed by atoms with E-state index in [9.17, 15) is 14.4 Å². The van der Waals surface area contributed by atoms with Crippen molar-refractivity contribution < 1.29 is 23.9 Å². The predicted octanol–water partition coefficient (Wildman–Crippen LogP) is 6.10. The van der Waals surface area contributed by atoms with Crippen LogP contribution in [-0.4, -0.2) is 118 Å². The highest BCUT2D eigenvalue weighted by molar-refractivity contribution is 6.30. The van der Waals surface area contributed by atoms with E-state index >= 15 is 0 Å². The number of rotatable bonds is 12. The van der Waals surface area contributed by atoms with E-state index in [1.807, 2.05) is 62.2 Å². The summed E-state index contributed by atoms with van der Waals surface area (Å²) < 4.78 is 12.3. The zero-order valence-electron chi connectivity index (χ0n) is 35.1. The van der Waals surface area contributed by atoms with Crippen LogP contribution in [0.5, 0.6) is 0 Å². The molecule has 1 aromatic carbocycles. The maximum atomic E-state index is 14.6. The summed E-state index contributed by atoms with van der Waals surface area (Å²) in [5.74, 6) is 0.993. The molecule has 3 amide bonds. The van der Waals surface area contributed by atoms with Crippen molar-refractivity contribution in [2.75, 3.05) is 50.7 Å². The minimum absolute atomic E-state index is 0.119. The van der Waals surface area contributed by atoms with Crippen molar-refractivity contribution in [3.63, 3.8) is 0 Å². The number of carbonyl (C=O) groups is 3. The van der Waals surface area contributed by atoms with E-state index in [1.54, 1.807) is 0 Å². The Labute approximate surface area is 353 Å². The van der Waals surface area contributed by atoms with Crippen molar-refractivity contribution in [1.29, 1.82) is 0 Å². The smallest absolute Gasteiger partial charge is 0.408 e. The lowest BCUT2D eigenvalue weighted by atomic mass is 9.83. The molecule has 322 valence electrons. The van der Waals surface area contributed by atoms with Gasteiger partial charge in [0.1, 0.15) is 28.9 Å². The van der Waals surface area contributed by atoms with Gasteiger partial charge in [-0.2, -0.15) is 0 Å². The maximum absolute atomic E-state index is 14.6. The second-order valence-electron chi connectivity index (χ2n) is 18.1. The fourth-order valence-corrected chi connectivity index (χ4v) is 9.53. The quantitative estimate of drug-likeness (QED) is 0.167. The lowest BCUT2D eigenvalue weighted by molar-refractivity contribution is -0.138. The van der Waals surface area contributed by atoms with Crippen molar-refractivity contribution in [3.8, 4) is 0 Å². The molecule has 2 aromatic heterocycles. The summed E-state index contributed by atoms with van der Waals surface area (Å²) in [6.07, 6.45) is 13.8. The third-order valence-electron chi connectivity index (χ3n) is 12.9. The van der Waals surface area contributed by atoms with Gasteiger partial charge in [-0.05, 0) is 108 Å². The minimum atomic E-state index is -1.20. The van der Waals surface area contributed by atoms with E-state index in [4.69, 9.17) is 26.8 Å². The van der Waals surface area contributed by atoms with Gasteiger partial charge in [-0.15, -0.1) is 0 Å². The standard InChI is InChI=1S/C44H64ClN9O5/c1-43(2,3)59-42(57)51-44(19-27-53(28-20-44)39-35-13-21-47-38(35)48-29-49-39)41(56)50-36(30-9-11-32(45)12-10-30)18-24-52-22-14-33(15-23-52)58-34-16-25-54(26-17-34)40(55)37(46)31-7-5-4-6-8-31/h9-13,21,29,31,33-34,36-37H,4-8,14-20,22-28,46H2,1-3H3,(H,50,56)(H,51,57)(H,47,48,49)/t36-,37+/m0/s1. The van der Waals surface area contributed by atoms with Gasteiger partial charge < -0.3 is 45.5 Å². The van der Waals surface area contributed by atoms with E-state index in [0.29, 0.717) is 56.4 Å². The van der Waals surface area contributed by atoms with Crippen LogP contribution in [0.15, 0.2) is 42.9 Å². The summed E-state index contributed by atoms with van der Waals surface area (Å²) in [7, 11) is 0. The number of benzene rings is 1. The number of hydrogen-bond acceptors (Lipinski definition) is 10. The fourth-order valence-electron chi connectivity index (χ4n) is 9.40. The molecule has 59 heavy (non-hydrogen) atoms. The molecule has 3 aromatic rings. The Morgan fingerprint density at radius 3 is 2.24 bits per heavy atom. The predicted molar refractivity (Wildman–Crippen MR) is 229 cm³/mol. The number of carbonyl (C=O) groups excluding carboxylic acids is 3. The number of halogens is 1. The first-order valence-corrected chi connectivity index (χ1v) is 22.3. The average Bonchev–Trinajstić information content (AvgIpc) is 3.72. The summed E-state index contributed by atoms with van der Waals surface area (Å²) in [4.78, 5) is 59.7. The van der Waals surface area contributed by atoms with Crippen LogP contribution in [0.1, 0.15) is 109 Å². The third-order valence-corrected chi connectivity index (χ3v) is 13.1. The number of nitrogens with two attached hydrogens (primary N) is 1. The molecular weight excluding hydrogens is 770 g/mol. The van der Waals surface area contributed by atoms with Crippen molar-refractivity contribution in [2.45, 2.75) is 133 Å². The van der Waals surface area contributed by atoms with Gasteiger partial charge in [0.05, 0.1) is 29.7 Å². The van der Waals surface area contributed by atoms with Gasteiger partial charge in [-0.25, -0.2) is 14.8 Å². The molecule has 1 saturated carbocycles. The molecule has 0 spiro atoms. The summed E-state index contributed by atoms with van der Waals surface area (Å²) >= 11 is 6.31. The number of fused-ring (bicyclic) bond motifs is 1. The van der Waals surface area contributed by atoms with Gasteiger partial charge in [-0.1, -0.05) is 43.0 Å². The van der Waals surface area contributed by atoms with Crippen LogP contribution in [-0.2, 0) is 19.1 Å². The second-order valence-corrected chi connectivity index (χ2v) is 18.6. The number of nitrogens with zero attached hydrogens (tertiary/aromatic N) is 5. The number of H-pyrrole nitrogens is 1. The van der Waals surface area contributed by atoms with Crippen LogP contribution >= 0.6 is 11.6 Å². The number of ether oxygens (including phenoxy) is 2. The van der Waals surface area contributed by atoms with Gasteiger partial charge in [0, 0.05) is 57.0 Å². The first-order valence-electron chi connectivity index (χ1n) is 21.9. The monoisotopic (exact) mass is 833 g/mol. The van der Waals surface area contributed by atoms with Crippen LogP contribution in [0, 0.1) is 5.92 Å². The Morgan fingerprint density at radius 2 is 1.58 bits per heavy atom. The number of aromatic amines is 1. The Hall–Kier alpha value is -3.98. The Morgan fingerprint density at radius 1 is 0.915 bits per heavy atom. The number of likely N-dealkylation sites (tertiary alicyclic amines) is 2. The van der Waals surface area contributed by atoms with Crippen molar-refractivity contribution in [1.82, 2.24) is 35.4 Å². The number of aromatic nitrogens is 3. The lowest BCUT2D eigenvalue weighted by Crippen LogP contribution is -2.64. The molecule has 7 rings (SSSR count). The van der Waals surface area contributed by atoms with Gasteiger partial charge >= 0.3 is 6.09 Å². The van der Waals surface area contributed by atoms with Gasteiger partial charge in [0.2, 0.25) is 11.8 Å². The molecule has 15 heteroatoms. The van der Waals surface area contributed by atoms with Crippen LogP contribution in [0.3, 0.4) is 0 Å². The first-order chi connectivity index (χ1) is 28.4. The van der Waals surface area contributed by atoms with E-state index in [1.165, 1.54) is 25.6 Å². The number of amides is 3. The minimum Gasteiger partial charge on any atom is -0.444 e. The molecule has 4 fully saturated rings. The highest BCUT2D eigenvalue weighted by atomic mass is 35.5. The van der Waals surface area contributed by atoms with E-state index in [-0.39, 0.29) is 36.1 Å². The molecule has 5 N–H and O–H groups in total. The summed E-state index contributed by atoms with van der Waals surface area (Å²) in [5.41, 5.74) is 6.23. The lowest BCUT2D eigenvalue weighted by Gasteiger charge is -2.42. The summed E-state index contributed by atoms with van der Waals surface area (Å²) in [6.45, 7) is 10.4. The fraction of sp³-hybridized carbons (Fsp3) is 0.659. The number of anilines is 1. The molecular formula is C44H64ClN9O5. The van der Waals surface area contributed by atoms with E-state index in [0.717, 1.165) is 80.6 Å². The zero-order valence-corrected chi connectivity index (χ0v) is 35.9. The molecule has 3 aliphatic heterocycles. The second kappa shape index (κ2) is 19.2. The maximum Gasteiger partial charge on any atom is 0.408 e. The van der Waals surface area contributed by atoms with Gasteiger partial charge in [0.25, 0.3) is 0 Å². The summed E-state index contributed by atoms with van der Waals surface area (Å²) in [6, 6.07) is 8.89. The molecule has 3 saturated heterocycles. The number of piperidine rings is 3. The number of hydrogen-bond donors (Lipinski definition) is 4. The molecule has 2 atom stereocenters. The van der Waals surface area contributed by atoms with Crippen LogP contribution in [0.2, 0.25) is 5.02 Å². The molecule has 14 nitrogen and oxygen atoms in total. The zero-order chi connectivity index (χ0) is 41.6. The topological polar surface area (TPSA) is 171 Å². The number of nitrogens with one attached hydrogen (secondary N) is 3. The molecule has 4 aliphatic rings. The van der Waals surface area contributed by atoms with Crippen LogP contribution in [0.25, 0.3) is 11.0 Å². The van der Waals surface area contributed by atoms with Crippen molar-refractivity contribution in [2.24, 2.45) is 11.7 Å². The molecule has 1 aliphatic carbocycles. The van der Waals surface area contributed by atoms with Gasteiger partial charge in [0.15, 0.2) is 0 Å². The Bertz CT molecular complexity index is 1860. The highest BCUT2D eigenvalue weighted by Crippen LogP contribution is 2.32. The average molecular weight is 835 g/mol.